The molecule has 1 unspecified atom stereocenters. The van der Waals surface area contributed by atoms with Crippen molar-refractivity contribution < 1.29 is 4.74 Å². The molecule has 3 aromatic rings. The first-order valence-electron chi connectivity index (χ1n) is 10.8. The summed E-state index contributed by atoms with van der Waals surface area (Å²) in [5.41, 5.74) is 7.01. The summed E-state index contributed by atoms with van der Waals surface area (Å²) in [5, 5.41) is 1.40. The molecule has 29 heavy (non-hydrogen) atoms. The molecule has 6 rings (SSSR count). The van der Waals surface area contributed by atoms with Crippen LogP contribution in [-0.2, 0) is 17.7 Å². The highest BCUT2D eigenvalue weighted by molar-refractivity contribution is 5.85. The van der Waals surface area contributed by atoms with Crippen molar-refractivity contribution >= 4 is 10.9 Å². The smallest absolute Gasteiger partial charge is 0.118 e. The number of aromatic nitrogens is 1. The fraction of sp³-hybridized carbons (Fsp3) is 0.308. The van der Waals surface area contributed by atoms with Gasteiger partial charge in [-0.25, -0.2) is 0 Å². The molecule has 0 radical (unpaired) electrons. The van der Waals surface area contributed by atoms with Crippen molar-refractivity contribution in [3.63, 3.8) is 0 Å². The van der Waals surface area contributed by atoms with Gasteiger partial charge in [-0.2, -0.15) is 0 Å². The van der Waals surface area contributed by atoms with Crippen LogP contribution in [0.25, 0.3) is 10.9 Å². The van der Waals surface area contributed by atoms with Gasteiger partial charge in [0.05, 0.1) is 12.6 Å². The zero-order chi connectivity index (χ0) is 19.2. The molecule has 2 aromatic carbocycles. The van der Waals surface area contributed by atoms with Crippen LogP contribution in [0.1, 0.15) is 35.7 Å². The van der Waals surface area contributed by atoms with Crippen molar-refractivity contribution in [2.45, 2.75) is 31.8 Å². The number of fused-ring (bicyclic) bond motifs is 4. The molecule has 0 saturated carbocycles. The van der Waals surface area contributed by atoms with Crippen LogP contribution in [0.3, 0.4) is 0 Å². The Morgan fingerprint density at radius 1 is 1.00 bits per heavy atom. The average Bonchev–Trinajstić information content (AvgIpc) is 3.38. The lowest BCUT2D eigenvalue weighted by molar-refractivity contribution is 0.136. The van der Waals surface area contributed by atoms with Gasteiger partial charge in [0.25, 0.3) is 0 Å². The fourth-order valence-electron chi connectivity index (χ4n) is 5.43. The summed E-state index contributed by atoms with van der Waals surface area (Å²) in [6.45, 7) is 2.93. The number of hydrogen-bond acceptors (Lipinski definition) is 2. The highest BCUT2D eigenvalue weighted by Crippen LogP contribution is 2.44. The maximum absolute atomic E-state index is 5.80. The van der Waals surface area contributed by atoms with E-state index < -0.39 is 0 Å². The third-order valence-electron chi connectivity index (χ3n) is 6.75. The van der Waals surface area contributed by atoms with Gasteiger partial charge in [-0.1, -0.05) is 54.6 Å². The number of benzene rings is 2. The summed E-state index contributed by atoms with van der Waals surface area (Å²) < 4.78 is 5.80. The minimum absolute atomic E-state index is 0.372. The second-order valence-electron chi connectivity index (χ2n) is 8.47. The molecule has 146 valence electrons. The summed E-state index contributed by atoms with van der Waals surface area (Å²) in [6.07, 6.45) is 8.03. The lowest BCUT2D eigenvalue weighted by Gasteiger charge is -2.40. The van der Waals surface area contributed by atoms with Crippen LogP contribution < -0.4 is 0 Å². The van der Waals surface area contributed by atoms with Crippen LogP contribution in [0.2, 0.25) is 0 Å². The van der Waals surface area contributed by atoms with E-state index in [-0.39, 0.29) is 0 Å². The number of nitrogens with one attached hydrogen (secondary N) is 1. The van der Waals surface area contributed by atoms with Gasteiger partial charge in [-0.05, 0) is 41.7 Å². The highest BCUT2D eigenvalue weighted by Gasteiger charge is 2.36. The van der Waals surface area contributed by atoms with E-state index in [0.717, 1.165) is 44.7 Å². The summed E-state index contributed by atoms with van der Waals surface area (Å²) >= 11 is 0. The van der Waals surface area contributed by atoms with Crippen molar-refractivity contribution in [3.8, 4) is 0 Å². The minimum atomic E-state index is 0.372. The molecule has 0 bridgehead atoms. The van der Waals surface area contributed by atoms with Gasteiger partial charge in [0, 0.05) is 42.0 Å². The number of para-hydroxylation sites is 1. The molecule has 1 aromatic heterocycles. The second-order valence-corrected chi connectivity index (χ2v) is 8.47. The van der Waals surface area contributed by atoms with E-state index >= 15 is 0 Å². The quantitative estimate of drug-likeness (QED) is 0.646. The molecule has 1 fully saturated rings. The maximum atomic E-state index is 5.80. The van der Waals surface area contributed by atoms with Gasteiger partial charge < -0.3 is 9.72 Å². The third-order valence-corrected chi connectivity index (χ3v) is 6.75. The SMILES string of the molecule is C1=C2CCOC2=CCC1[C@@H]1c2[nH]c3ccccc3c2CCN1Cc1ccccc1. The number of hydrogen-bond donors (Lipinski definition) is 1. The first kappa shape index (κ1) is 17.1. The predicted octanol–water partition coefficient (Wildman–Crippen LogP) is 5.52. The van der Waals surface area contributed by atoms with Crippen LogP contribution in [0, 0.1) is 5.92 Å². The van der Waals surface area contributed by atoms with E-state index in [2.05, 4.69) is 76.6 Å². The lowest BCUT2D eigenvalue weighted by atomic mass is 9.82. The topological polar surface area (TPSA) is 28.3 Å². The molecule has 0 amide bonds. The van der Waals surface area contributed by atoms with E-state index in [1.807, 2.05) is 0 Å². The molecule has 1 N–H and O–H groups in total. The molecule has 1 aliphatic carbocycles. The molecule has 1 saturated heterocycles. The number of aromatic amines is 1. The van der Waals surface area contributed by atoms with E-state index in [1.54, 1.807) is 0 Å². The molecule has 3 heterocycles. The van der Waals surface area contributed by atoms with Crippen LogP contribution in [0.4, 0.5) is 0 Å². The number of allylic oxidation sites excluding steroid dienone is 2. The number of nitrogens with zero attached hydrogens (tertiary/aromatic N) is 1. The van der Waals surface area contributed by atoms with Gasteiger partial charge in [0.2, 0.25) is 0 Å². The normalized spacial score (nSPS) is 23.9. The van der Waals surface area contributed by atoms with Crippen molar-refractivity contribution in [1.29, 1.82) is 0 Å². The van der Waals surface area contributed by atoms with Gasteiger partial charge in [0.15, 0.2) is 0 Å². The summed E-state index contributed by atoms with van der Waals surface area (Å²) in [6, 6.07) is 20.1. The monoisotopic (exact) mass is 382 g/mol. The molecule has 2 aliphatic heterocycles. The van der Waals surface area contributed by atoms with Gasteiger partial charge >= 0.3 is 0 Å². The summed E-state index contributed by atoms with van der Waals surface area (Å²) in [4.78, 5) is 6.50. The molecule has 3 heteroatoms. The minimum Gasteiger partial charge on any atom is -0.493 e. The Morgan fingerprint density at radius 3 is 2.79 bits per heavy atom. The Balaban J connectivity index is 1.43. The van der Waals surface area contributed by atoms with Gasteiger partial charge in [0.1, 0.15) is 5.76 Å². The molecular formula is C26H26N2O. The fourth-order valence-corrected chi connectivity index (χ4v) is 5.43. The van der Waals surface area contributed by atoms with Crippen molar-refractivity contribution in [2.24, 2.45) is 5.92 Å². The number of ether oxygens (including phenoxy) is 1. The van der Waals surface area contributed by atoms with E-state index in [4.69, 9.17) is 4.74 Å². The molecule has 0 spiro atoms. The molecule has 2 atom stereocenters. The molecular weight excluding hydrogens is 356 g/mol. The van der Waals surface area contributed by atoms with E-state index in [9.17, 15) is 0 Å². The first-order valence-corrected chi connectivity index (χ1v) is 10.8. The Kier molecular flexibility index (Phi) is 4.09. The predicted molar refractivity (Wildman–Crippen MR) is 116 cm³/mol. The zero-order valence-corrected chi connectivity index (χ0v) is 16.6. The van der Waals surface area contributed by atoms with Crippen LogP contribution in [0.15, 0.2) is 78.1 Å². The largest absolute Gasteiger partial charge is 0.493 e. The lowest BCUT2D eigenvalue weighted by Crippen LogP contribution is -2.39. The summed E-state index contributed by atoms with van der Waals surface area (Å²) in [5.74, 6) is 1.61. The van der Waals surface area contributed by atoms with Crippen LogP contribution in [0.5, 0.6) is 0 Å². The Morgan fingerprint density at radius 2 is 1.86 bits per heavy atom. The average molecular weight is 383 g/mol. The molecule has 3 nitrogen and oxygen atoms in total. The standard InChI is InChI=1S/C26H26N2O/c1-2-6-18(7-3-1)17-28-14-12-22-21-8-4-5-9-23(21)27-25(22)26(28)20-10-11-24-19(16-20)13-15-29-24/h1-9,11,16,20,26-27H,10,12-15,17H2/t20?,26-/m1/s1. The zero-order valence-electron chi connectivity index (χ0n) is 16.6. The third kappa shape index (κ3) is 2.92. The maximum Gasteiger partial charge on any atom is 0.118 e. The number of H-pyrrole nitrogens is 1. The van der Waals surface area contributed by atoms with Gasteiger partial charge in [-0.3, -0.25) is 4.90 Å². The van der Waals surface area contributed by atoms with Crippen molar-refractivity contribution in [1.82, 2.24) is 9.88 Å². The second kappa shape index (κ2) is 6.93. The summed E-state index contributed by atoms with van der Waals surface area (Å²) in [7, 11) is 0. The van der Waals surface area contributed by atoms with Gasteiger partial charge in [-0.15, -0.1) is 0 Å². The number of rotatable bonds is 3. The Hall–Kier alpha value is -2.78. The Labute approximate surface area is 171 Å². The molecule has 3 aliphatic rings. The highest BCUT2D eigenvalue weighted by atomic mass is 16.5. The van der Waals surface area contributed by atoms with E-state index in [0.29, 0.717) is 12.0 Å². The van der Waals surface area contributed by atoms with Crippen LogP contribution in [-0.4, -0.2) is 23.0 Å². The van der Waals surface area contributed by atoms with E-state index in [1.165, 1.54) is 33.3 Å². The van der Waals surface area contributed by atoms with Crippen LogP contribution >= 0.6 is 0 Å². The van der Waals surface area contributed by atoms with Crippen molar-refractivity contribution in [3.05, 3.63) is 94.9 Å². The Bertz CT molecular complexity index is 1110. The van der Waals surface area contributed by atoms with Crippen molar-refractivity contribution in [2.75, 3.05) is 13.2 Å². The first-order chi connectivity index (χ1) is 14.4.